The van der Waals surface area contributed by atoms with Gasteiger partial charge in [-0.2, -0.15) is 10.2 Å². The Hall–Kier alpha value is -1.86. The van der Waals surface area contributed by atoms with Crippen LogP contribution in [0.25, 0.3) is 0 Å². The number of halogens is 1. The second kappa shape index (κ2) is 7.42. The number of hydrogen-bond donors (Lipinski definition) is 2. The normalized spacial score (nSPS) is 11.9. The molecule has 0 aromatic carbocycles. The molecule has 1 unspecified atom stereocenters. The van der Waals surface area contributed by atoms with Crippen molar-refractivity contribution in [2.45, 2.75) is 26.4 Å². The highest BCUT2D eigenvalue weighted by molar-refractivity contribution is 5.85. The zero-order valence-electron chi connectivity index (χ0n) is 13.5. The summed E-state index contributed by atoms with van der Waals surface area (Å²) in [4.78, 5) is 12.3. The molecule has 0 radical (unpaired) electrons. The summed E-state index contributed by atoms with van der Waals surface area (Å²) >= 11 is 0. The van der Waals surface area contributed by atoms with Crippen LogP contribution >= 0.6 is 12.4 Å². The van der Waals surface area contributed by atoms with E-state index in [1.807, 2.05) is 38.8 Å². The number of aryl methyl sites for hydroxylation is 3. The van der Waals surface area contributed by atoms with Gasteiger partial charge in [0.1, 0.15) is 6.04 Å². The van der Waals surface area contributed by atoms with Crippen molar-refractivity contribution in [1.82, 2.24) is 30.2 Å². The highest BCUT2D eigenvalue weighted by Gasteiger charge is 2.20. The molecule has 0 fully saturated rings. The van der Waals surface area contributed by atoms with Crippen molar-refractivity contribution in [3.63, 3.8) is 0 Å². The summed E-state index contributed by atoms with van der Waals surface area (Å²) in [6.45, 7) is 4.42. The largest absolute Gasteiger partial charge is 0.350 e. The molecular formula is C14H23ClN6O. The third kappa shape index (κ3) is 3.66. The van der Waals surface area contributed by atoms with Crippen molar-refractivity contribution in [2.24, 2.45) is 14.1 Å². The fraction of sp³-hybridized carbons (Fsp3) is 0.500. The van der Waals surface area contributed by atoms with Gasteiger partial charge in [-0.3, -0.25) is 14.2 Å². The number of aromatic nitrogens is 4. The predicted octanol–water partition coefficient (Wildman–Crippen LogP) is 0.769. The molecule has 2 rings (SSSR count). The van der Waals surface area contributed by atoms with Gasteiger partial charge in [-0.25, -0.2) is 0 Å². The lowest BCUT2D eigenvalue weighted by molar-refractivity contribution is -0.123. The maximum atomic E-state index is 12.3. The lowest BCUT2D eigenvalue weighted by Crippen LogP contribution is -2.35. The topological polar surface area (TPSA) is 76.8 Å². The first-order valence-corrected chi connectivity index (χ1v) is 6.86. The average Bonchev–Trinajstić information content (AvgIpc) is 2.94. The van der Waals surface area contributed by atoms with Gasteiger partial charge in [0.15, 0.2) is 0 Å². The number of likely N-dealkylation sites (N-methyl/N-ethyl adjacent to an activating group) is 1. The third-order valence-electron chi connectivity index (χ3n) is 3.71. The van der Waals surface area contributed by atoms with Gasteiger partial charge >= 0.3 is 0 Å². The van der Waals surface area contributed by atoms with Crippen molar-refractivity contribution < 1.29 is 4.79 Å². The van der Waals surface area contributed by atoms with Crippen molar-refractivity contribution in [1.29, 1.82) is 0 Å². The first kappa shape index (κ1) is 18.2. The maximum Gasteiger partial charge on any atom is 0.242 e. The fourth-order valence-corrected chi connectivity index (χ4v) is 2.39. The van der Waals surface area contributed by atoms with Gasteiger partial charge in [0.25, 0.3) is 0 Å². The van der Waals surface area contributed by atoms with E-state index in [0.29, 0.717) is 6.54 Å². The van der Waals surface area contributed by atoms with Crippen LogP contribution in [0.3, 0.4) is 0 Å². The van der Waals surface area contributed by atoms with Crippen LogP contribution in [-0.4, -0.2) is 32.5 Å². The Morgan fingerprint density at radius 2 is 2.05 bits per heavy atom. The number of carbonyl (C=O) groups is 1. The number of amides is 1. The highest BCUT2D eigenvalue weighted by atomic mass is 35.5. The van der Waals surface area contributed by atoms with E-state index < -0.39 is 6.04 Å². The zero-order chi connectivity index (χ0) is 15.6. The van der Waals surface area contributed by atoms with Gasteiger partial charge < -0.3 is 10.6 Å². The molecule has 0 aliphatic carbocycles. The summed E-state index contributed by atoms with van der Waals surface area (Å²) in [5, 5.41) is 14.4. The monoisotopic (exact) mass is 326 g/mol. The zero-order valence-corrected chi connectivity index (χ0v) is 14.4. The molecule has 8 heteroatoms. The molecule has 1 atom stereocenters. The number of nitrogens with zero attached hydrogens (tertiary/aromatic N) is 4. The van der Waals surface area contributed by atoms with Gasteiger partial charge in [-0.05, 0) is 20.9 Å². The Morgan fingerprint density at radius 3 is 2.50 bits per heavy atom. The number of rotatable bonds is 5. The third-order valence-corrected chi connectivity index (χ3v) is 3.71. The van der Waals surface area contributed by atoms with Crippen LogP contribution in [-0.2, 0) is 25.4 Å². The van der Waals surface area contributed by atoms with Crippen LogP contribution in [0.2, 0.25) is 0 Å². The minimum Gasteiger partial charge on any atom is -0.350 e. The molecule has 2 aromatic heterocycles. The van der Waals surface area contributed by atoms with Crippen molar-refractivity contribution in [3.05, 3.63) is 34.9 Å². The van der Waals surface area contributed by atoms with E-state index in [0.717, 1.165) is 22.5 Å². The van der Waals surface area contributed by atoms with Crippen LogP contribution in [0.15, 0.2) is 12.4 Å². The second-order valence-corrected chi connectivity index (χ2v) is 5.16. The molecule has 2 N–H and O–H groups in total. The van der Waals surface area contributed by atoms with Crippen LogP contribution in [0.4, 0.5) is 0 Å². The molecule has 0 spiro atoms. The van der Waals surface area contributed by atoms with Crippen LogP contribution in [0, 0.1) is 13.8 Å². The lowest BCUT2D eigenvalue weighted by Gasteiger charge is -2.14. The van der Waals surface area contributed by atoms with E-state index in [4.69, 9.17) is 0 Å². The molecule has 0 bridgehead atoms. The van der Waals surface area contributed by atoms with Gasteiger partial charge in [0, 0.05) is 43.7 Å². The fourth-order valence-electron chi connectivity index (χ4n) is 2.39. The molecule has 1 amide bonds. The van der Waals surface area contributed by atoms with Crippen LogP contribution in [0.5, 0.6) is 0 Å². The summed E-state index contributed by atoms with van der Waals surface area (Å²) in [5.41, 5.74) is 3.91. The minimum atomic E-state index is -0.406. The summed E-state index contributed by atoms with van der Waals surface area (Å²) in [7, 11) is 5.49. The molecule has 0 saturated carbocycles. The lowest BCUT2D eigenvalue weighted by atomic mass is 10.1. The second-order valence-electron chi connectivity index (χ2n) is 5.16. The molecule has 7 nitrogen and oxygen atoms in total. The van der Waals surface area contributed by atoms with Gasteiger partial charge in [0.2, 0.25) is 5.91 Å². The Morgan fingerprint density at radius 1 is 1.36 bits per heavy atom. The molecule has 0 aliphatic heterocycles. The van der Waals surface area contributed by atoms with Crippen molar-refractivity contribution in [3.8, 4) is 0 Å². The summed E-state index contributed by atoms with van der Waals surface area (Å²) in [5.74, 6) is -0.0758. The minimum absolute atomic E-state index is 0. The van der Waals surface area contributed by atoms with E-state index >= 15 is 0 Å². The number of hydrogen-bond acceptors (Lipinski definition) is 4. The molecule has 22 heavy (non-hydrogen) atoms. The molecular weight excluding hydrogens is 304 g/mol. The summed E-state index contributed by atoms with van der Waals surface area (Å²) in [6, 6.07) is -0.406. The van der Waals surface area contributed by atoms with E-state index in [1.54, 1.807) is 17.9 Å². The smallest absolute Gasteiger partial charge is 0.242 e. The van der Waals surface area contributed by atoms with E-state index in [9.17, 15) is 4.79 Å². The Labute approximate surface area is 136 Å². The Kier molecular flexibility index (Phi) is 6.13. The van der Waals surface area contributed by atoms with E-state index in [2.05, 4.69) is 20.8 Å². The average molecular weight is 327 g/mol. The first-order chi connectivity index (χ1) is 9.93. The maximum absolute atomic E-state index is 12.3. The van der Waals surface area contributed by atoms with E-state index in [1.165, 1.54) is 0 Å². The molecule has 0 saturated heterocycles. The standard InChI is InChI=1S/C14H22N6O.ClH/c1-9-12(10(2)20(5)18-9)7-16-14(21)13(15-3)11-6-17-19(4)8-11;/h6,8,13,15H,7H2,1-5H3,(H,16,21);1H. The summed E-state index contributed by atoms with van der Waals surface area (Å²) < 4.78 is 3.51. The van der Waals surface area contributed by atoms with Crippen molar-refractivity contribution >= 4 is 18.3 Å². The molecule has 0 aliphatic rings. The van der Waals surface area contributed by atoms with Crippen molar-refractivity contribution in [2.75, 3.05) is 7.05 Å². The first-order valence-electron chi connectivity index (χ1n) is 6.86. The van der Waals surface area contributed by atoms with Gasteiger partial charge in [-0.1, -0.05) is 0 Å². The highest BCUT2D eigenvalue weighted by Crippen LogP contribution is 2.14. The SMILES string of the molecule is CNC(C(=O)NCc1c(C)nn(C)c1C)c1cnn(C)c1.Cl. The quantitative estimate of drug-likeness (QED) is 0.851. The van der Waals surface area contributed by atoms with E-state index in [-0.39, 0.29) is 18.3 Å². The summed E-state index contributed by atoms with van der Waals surface area (Å²) in [6.07, 6.45) is 3.53. The predicted molar refractivity (Wildman–Crippen MR) is 86.8 cm³/mol. The molecule has 2 heterocycles. The molecule has 122 valence electrons. The van der Waals surface area contributed by atoms with Crippen LogP contribution in [0.1, 0.15) is 28.6 Å². The Balaban J connectivity index is 0.00000242. The number of carbonyl (C=O) groups excluding carboxylic acids is 1. The molecule has 2 aromatic rings. The van der Waals surface area contributed by atoms with Gasteiger partial charge in [-0.15, -0.1) is 12.4 Å². The van der Waals surface area contributed by atoms with Crippen LogP contribution < -0.4 is 10.6 Å². The Bertz CT molecular complexity index is 648. The van der Waals surface area contributed by atoms with Gasteiger partial charge in [0.05, 0.1) is 11.9 Å². The number of nitrogens with one attached hydrogen (secondary N) is 2.